The molecule has 0 bridgehead atoms. The highest BCUT2D eigenvalue weighted by Gasteiger charge is 2.22. The van der Waals surface area contributed by atoms with E-state index in [4.69, 9.17) is 0 Å². The monoisotopic (exact) mass is 241 g/mol. The maximum absolute atomic E-state index is 12.2. The van der Waals surface area contributed by atoms with Crippen molar-refractivity contribution in [2.45, 2.75) is 45.2 Å². The van der Waals surface area contributed by atoms with Crippen molar-refractivity contribution in [3.05, 3.63) is 0 Å². The smallest absolute Gasteiger partial charge is 0.239 e. The Hall–Kier alpha value is -0.610. The van der Waals surface area contributed by atoms with E-state index in [0.717, 1.165) is 32.5 Å². The van der Waals surface area contributed by atoms with Crippen LogP contribution in [0, 0.1) is 0 Å². The molecule has 0 aromatic carbocycles. The molecule has 1 saturated heterocycles. The van der Waals surface area contributed by atoms with Crippen LogP contribution in [0.2, 0.25) is 0 Å². The van der Waals surface area contributed by atoms with Crippen LogP contribution in [-0.4, -0.2) is 61.5 Å². The number of piperidine rings is 1. The molecule has 1 N–H and O–H groups in total. The molecule has 0 aromatic heterocycles. The molecule has 1 heterocycles. The SMILES string of the molecule is CC(CN(C)C)NC(C)C(=O)N1CCCCC1. The fourth-order valence-electron chi connectivity index (χ4n) is 2.49. The van der Waals surface area contributed by atoms with E-state index in [-0.39, 0.29) is 11.9 Å². The first-order chi connectivity index (χ1) is 8.00. The van der Waals surface area contributed by atoms with Crippen molar-refractivity contribution in [2.75, 3.05) is 33.7 Å². The van der Waals surface area contributed by atoms with Gasteiger partial charge in [0.15, 0.2) is 0 Å². The van der Waals surface area contributed by atoms with Gasteiger partial charge in [0.05, 0.1) is 6.04 Å². The van der Waals surface area contributed by atoms with Crippen LogP contribution in [0.3, 0.4) is 0 Å². The number of likely N-dealkylation sites (N-methyl/N-ethyl adjacent to an activating group) is 1. The van der Waals surface area contributed by atoms with E-state index in [1.54, 1.807) is 0 Å². The van der Waals surface area contributed by atoms with Gasteiger partial charge in [0.1, 0.15) is 0 Å². The highest BCUT2D eigenvalue weighted by molar-refractivity contribution is 5.81. The van der Waals surface area contributed by atoms with E-state index in [2.05, 4.69) is 31.2 Å². The summed E-state index contributed by atoms with van der Waals surface area (Å²) >= 11 is 0. The Morgan fingerprint density at radius 3 is 2.35 bits per heavy atom. The lowest BCUT2D eigenvalue weighted by molar-refractivity contribution is -0.134. The number of carbonyl (C=O) groups is 1. The molecule has 1 amide bonds. The molecule has 4 nitrogen and oxygen atoms in total. The van der Waals surface area contributed by atoms with Gasteiger partial charge in [0, 0.05) is 25.7 Å². The van der Waals surface area contributed by atoms with Crippen molar-refractivity contribution >= 4 is 5.91 Å². The number of amides is 1. The summed E-state index contributed by atoms with van der Waals surface area (Å²) in [5.74, 6) is 0.260. The lowest BCUT2D eigenvalue weighted by atomic mass is 10.1. The van der Waals surface area contributed by atoms with Crippen LogP contribution < -0.4 is 5.32 Å². The van der Waals surface area contributed by atoms with Crippen LogP contribution in [0.25, 0.3) is 0 Å². The number of hydrogen-bond donors (Lipinski definition) is 1. The van der Waals surface area contributed by atoms with E-state index >= 15 is 0 Å². The highest BCUT2D eigenvalue weighted by atomic mass is 16.2. The number of nitrogens with zero attached hydrogens (tertiary/aromatic N) is 2. The molecule has 0 saturated carbocycles. The Morgan fingerprint density at radius 2 is 1.82 bits per heavy atom. The Bertz CT molecular complexity index is 237. The van der Waals surface area contributed by atoms with Crippen LogP contribution in [0.4, 0.5) is 0 Å². The molecule has 2 atom stereocenters. The number of nitrogens with one attached hydrogen (secondary N) is 1. The Kier molecular flexibility index (Phi) is 5.92. The van der Waals surface area contributed by atoms with Gasteiger partial charge in [-0.1, -0.05) is 0 Å². The molecular weight excluding hydrogens is 214 g/mol. The lowest BCUT2D eigenvalue weighted by Crippen LogP contribution is -2.50. The standard InChI is InChI=1S/C13H27N3O/c1-11(10-15(3)4)14-12(2)13(17)16-8-6-5-7-9-16/h11-12,14H,5-10H2,1-4H3. The van der Waals surface area contributed by atoms with E-state index in [9.17, 15) is 4.79 Å². The molecule has 100 valence electrons. The normalized spacial score (nSPS) is 20.4. The van der Waals surface area contributed by atoms with Crippen LogP contribution in [0.5, 0.6) is 0 Å². The maximum Gasteiger partial charge on any atom is 0.239 e. The van der Waals surface area contributed by atoms with E-state index in [0.29, 0.717) is 6.04 Å². The van der Waals surface area contributed by atoms with E-state index in [1.165, 1.54) is 6.42 Å². The molecular formula is C13H27N3O. The van der Waals surface area contributed by atoms with Crippen LogP contribution in [0.15, 0.2) is 0 Å². The second-order valence-electron chi connectivity index (χ2n) is 5.44. The van der Waals surface area contributed by atoms with Gasteiger partial charge in [-0.15, -0.1) is 0 Å². The number of hydrogen-bond acceptors (Lipinski definition) is 3. The molecule has 1 aliphatic rings. The predicted molar refractivity (Wildman–Crippen MR) is 71.0 cm³/mol. The predicted octanol–water partition coefficient (Wildman–Crippen LogP) is 0.927. The molecule has 1 aliphatic heterocycles. The molecule has 2 unspecified atom stereocenters. The molecule has 1 rings (SSSR count). The second kappa shape index (κ2) is 6.97. The lowest BCUT2D eigenvalue weighted by Gasteiger charge is -2.31. The molecule has 0 aliphatic carbocycles. The minimum absolute atomic E-state index is 0.0666. The largest absolute Gasteiger partial charge is 0.341 e. The van der Waals surface area contributed by atoms with Crippen molar-refractivity contribution in [3.8, 4) is 0 Å². The molecule has 17 heavy (non-hydrogen) atoms. The quantitative estimate of drug-likeness (QED) is 0.778. The fraction of sp³-hybridized carbons (Fsp3) is 0.923. The van der Waals surface area contributed by atoms with Gasteiger partial charge in [0.25, 0.3) is 0 Å². The average molecular weight is 241 g/mol. The van der Waals surface area contributed by atoms with Crippen LogP contribution >= 0.6 is 0 Å². The first-order valence-electron chi connectivity index (χ1n) is 6.70. The van der Waals surface area contributed by atoms with Crippen LogP contribution in [0.1, 0.15) is 33.1 Å². The Labute approximate surface area is 105 Å². The minimum Gasteiger partial charge on any atom is -0.341 e. The number of likely N-dealkylation sites (tertiary alicyclic amines) is 1. The van der Waals surface area contributed by atoms with Gasteiger partial charge in [0.2, 0.25) is 5.91 Å². The summed E-state index contributed by atoms with van der Waals surface area (Å²) in [5, 5.41) is 3.38. The molecule has 0 spiro atoms. The second-order valence-corrected chi connectivity index (χ2v) is 5.44. The fourth-order valence-corrected chi connectivity index (χ4v) is 2.49. The third-order valence-electron chi connectivity index (χ3n) is 3.21. The minimum atomic E-state index is -0.0666. The summed E-state index contributed by atoms with van der Waals surface area (Å²) < 4.78 is 0. The van der Waals surface area contributed by atoms with Crippen molar-refractivity contribution < 1.29 is 4.79 Å². The zero-order chi connectivity index (χ0) is 12.8. The van der Waals surface area contributed by atoms with Crippen LogP contribution in [-0.2, 0) is 4.79 Å². The summed E-state index contributed by atoms with van der Waals surface area (Å²) in [6.07, 6.45) is 3.58. The van der Waals surface area contributed by atoms with Crippen molar-refractivity contribution in [1.29, 1.82) is 0 Å². The van der Waals surface area contributed by atoms with Gasteiger partial charge >= 0.3 is 0 Å². The molecule has 1 fully saturated rings. The zero-order valence-electron chi connectivity index (χ0n) is 11.7. The Balaban J connectivity index is 2.35. The van der Waals surface area contributed by atoms with E-state index < -0.39 is 0 Å². The zero-order valence-corrected chi connectivity index (χ0v) is 11.7. The van der Waals surface area contributed by atoms with Gasteiger partial charge in [-0.05, 0) is 47.2 Å². The summed E-state index contributed by atoms with van der Waals surface area (Å²) in [4.78, 5) is 16.3. The maximum atomic E-state index is 12.2. The molecule has 4 heteroatoms. The van der Waals surface area contributed by atoms with Gasteiger partial charge < -0.3 is 15.1 Å². The first kappa shape index (κ1) is 14.5. The Morgan fingerprint density at radius 1 is 1.24 bits per heavy atom. The highest BCUT2D eigenvalue weighted by Crippen LogP contribution is 2.10. The van der Waals surface area contributed by atoms with Gasteiger partial charge in [-0.2, -0.15) is 0 Å². The van der Waals surface area contributed by atoms with Gasteiger partial charge in [-0.25, -0.2) is 0 Å². The number of carbonyl (C=O) groups excluding carboxylic acids is 1. The summed E-state index contributed by atoms with van der Waals surface area (Å²) in [5.41, 5.74) is 0. The third-order valence-corrected chi connectivity index (χ3v) is 3.21. The summed E-state index contributed by atoms with van der Waals surface area (Å²) in [6, 6.07) is 0.275. The topological polar surface area (TPSA) is 35.6 Å². The molecule has 0 aromatic rings. The van der Waals surface area contributed by atoms with Crippen molar-refractivity contribution in [2.24, 2.45) is 0 Å². The van der Waals surface area contributed by atoms with Crippen molar-refractivity contribution in [1.82, 2.24) is 15.1 Å². The molecule has 0 radical (unpaired) electrons. The summed E-state index contributed by atoms with van der Waals surface area (Å²) in [6.45, 7) is 6.93. The first-order valence-corrected chi connectivity index (χ1v) is 6.70. The number of rotatable bonds is 5. The summed E-state index contributed by atoms with van der Waals surface area (Å²) in [7, 11) is 4.10. The third kappa shape index (κ3) is 5.04. The van der Waals surface area contributed by atoms with Gasteiger partial charge in [-0.3, -0.25) is 4.79 Å². The van der Waals surface area contributed by atoms with Crippen molar-refractivity contribution in [3.63, 3.8) is 0 Å². The van der Waals surface area contributed by atoms with E-state index in [1.807, 2.05) is 11.8 Å². The average Bonchev–Trinajstić information content (AvgIpc) is 2.28.